The quantitative estimate of drug-likeness (QED) is 0.703. The van der Waals surface area contributed by atoms with Crippen LogP contribution in [0.5, 0.6) is 0 Å². The minimum atomic E-state index is -3.23. The monoisotopic (exact) mass is 431 g/mol. The number of rotatable bonds is 7. The molecule has 2 aromatic rings. The van der Waals surface area contributed by atoms with E-state index < -0.39 is 9.84 Å². The molecule has 1 aliphatic heterocycles. The maximum atomic E-state index is 12.2. The van der Waals surface area contributed by atoms with Crippen molar-refractivity contribution in [2.24, 2.45) is 0 Å². The first kappa shape index (κ1) is 22.3. The van der Waals surface area contributed by atoms with Gasteiger partial charge in [0, 0.05) is 32.4 Å². The van der Waals surface area contributed by atoms with Crippen LogP contribution in [0.2, 0.25) is 0 Å². The second-order valence-electron chi connectivity index (χ2n) is 7.59. The zero-order chi connectivity index (χ0) is 21.6. The van der Waals surface area contributed by atoms with E-state index in [1.54, 1.807) is 24.3 Å². The molecule has 1 saturated heterocycles. The van der Waals surface area contributed by atoms with Crippen molar-refractivity contribution in [1.29, 1.82) is 0 Å². The summed E-state index contributed by atoms with van der Waals surface area (Å²) in [6.45, 7) is 6.69. The average Bonchev–Trinajstić information content (AvgIpc) is 2.73. The van der Waals surface area contributed by atoms with Gasteiger partial charge < -0.3 is 15.4 Å². The van der Waals surface area contributed by atoms with Crippen LogP contribution in [0.3, 0.4) is 0 Å². The van der Waals surface area contributed by atoms with Gasteiger partial charge in [-0.25, -0.2) is 13.2 Å². The maximum Gasteiger partial charge on any atom is 0.315 e. The molecule has 3 rings (SSSR count). The van der Waals surface area contributed by atoms with Crippen molar-refractivity contribution in [3.8, 4) is 0 Å². The molecular weight excluding hydrogens is 402 g/mol. The fourth-order valence-corrected chi connectivity index (χ4v) is 3.93. The van der Waals surface area contributed by atoms with Crippen molar-refractivity contribution in [2.45, 2.75) is 31.0 Å². The number of nitrogens with zero attached hydrogens (tertiary/aromatic N) is 1. The highest BCUT2D eigenvalue weighted by atomic mass is 32.2. The number of carbonyl (C=O) groups is 1. The van der Waals surface area contributed by atoms with Crippen LogP contribution in [0.4, 0.5) is 4.79 Å². The third-order valence-corrected chi connectivity index (χ3v) is 6.27. The van der Waals surface area contributed by atoms with E-state index in [9.17, 15) is 13.2 Å². The van der Waals surface area contributed by atoms with E-state index in [4.69, 9.17) is 4.74 Å². The van der Waals surface area contributed by atoms with Crippen molar-refractivity contribution in [2.75, 3.05) is 32.6 Å². The van der Waals surface area contributed by atoms with E-state index in [1.165, 1.54) is 11.8 Å². The molecule has 8 heteroatoms. The predicted molar refractivity (Wildman–Crippen MR) is 116 cm³/mol. The Labute approximate surface area is 178 Å². The van der Waals surface area contributed by atoms with Crippen molar-refractivity contribution in [1.82, 2.24) is 15.5 Å². The Morgan fingerprint density at radius 1 is 1.03 bits per heavy atom. The van der Waals surface area contributed by atoms with Gasteiger partial charge in [-0.15, -0.1) is 0 Å². The van der Waals surface area contributed by atoms with Crippen LogP contribution in [0.25, 0.3) is 0 Å². The Kier molecular flexibility index (Phi) is 7.47. The second kappa shape index (κ2) is 10.1. The molecule has 1 heterocycles. The predicted octanol–water partition coefficient (Wildman–Crippen LogP) is 2.48. The number of hydrogen-bond donors (Lipinski definition) is 2. The summed E-state index contributed by atoms with van der Waals surface area (Å²) >= 11 is 0. The fourth-order valence-electron chi connectivity index (χ4n) is 3.30. The fraction of sp³-hybridized carbons (Fsp3) is 0.409. The molecule has 30 heavy (non-hydrogen) atoms. The van der Waals surface area contributed by atoms with Crippen molar-refractivity contribution in [3.05, 3.63) is 65.2 Å². The largest absolute Gasteiger partial charge is 0.379 e. The molecule has 1 atom stereocenters. The molecule has 0 bridgehead atoms. The highest BCUT2D eigenvalue weighted by molar-refractivity contribution is 7.90. The van der Waals surface area contributed by atoms with E-state index in [-0.39, 0.29) is 17.0 Å². The molecule has 0 saturated carbocycles. The van der Waals surface area contributed by atoms with Gasteiger partial charge in [-0.1, -0.05) is 36.4 Å². The summed E-state index contributed by atoms with van der Waals surface area (Å²) in [7, 11) is -3.23. The van der Waals surface area contributed by atoms with E-state index in [0.717, 1.165) is 44.0 Å². The molecule has 0 aliphatic carbocycles. The lowest BCUT2D eigenvalue weighted by Crippen LogP contribution is -2.36. The lowest BCUT2D eigenvalue weighted by Gasteiger charge is -2.26. The van der Waals surface area contributed by atoms with Crippen molar-refractivity contribution < 1.29 is 17.9 Å². The Morgan fingerprint density at radius 2 is 1.63 bits per heavy atom. The highest BCUT2D eigenvalue weighted by Gasteiger charge is 2.12. The van der Waals surface area contributed by atoms with Gasteiger partial charge in [-0.2, -0.15) is 0 Å². The number of morpholine rings is 1. The van der Waals surface area contributed by atoms with E-state index in [0.29, 0.717) is 6.54 Å². The maximum absolute atomic E-state index is 12.2. The van der Waals surface area contributed by atoms with Gasteiger partial charge in [0.15, 0.2) is 9.84 Å². The minimum Gasteiger partial charge on any atom is -0.379 e. The first-order chi connectivity index (χ1) is 14.3. The number of ether oxygens (including phenoxy) is 1. The van der Waals surface area contributed by atoms with Crippen LogP contribution in [-0.2, 0) is 27.7 Å². The smallest absolute Gasteiger partial charge is 0.315 e. The number of urea groups is 1. The molecule has 2 aromatic carbocycles. The van der Waals surface area contributed by atoms with Gasteiger partial charge in [0.1, 0.15) is 0 Å². The first-order valence-corrected chi connectivity index (χ1v) is 11.9. The third kappa shape index (κ3) is 6.55. The van der Waals surface area contributed by atoms with E-state index in [2.05, 4.69) is 27.7 Å². The number of hydrogen-bond acceptors (Lipinski definition) is 5. The van der Waals surface area contributed by atoms with E-state index >= 15 is 0 Å². The van der Waals surface area contributed by atoms with Crippen molar-refractivity contribution >= 4 is 15.9 Å². The molecule has 7 nitrogen and oxygen atoms in total. The van der Waals surface area contributed by atoms with Gasteiger partial charge in [-0.05, 0) is 35.7 Å². The van der Waals surface area contributed by atoms with Gasteiger partial charge in [0.05, 0.1) is 24.2 Å². The SMILES string of the molecule is C[C@H](NC(=O)NCc1ccc(CN2CCOCC2)cc1)c1ccc(S(C)(=O)=O)cc1. The summed E-state index contributed by atoms with van der Waals surface area (Å²) in [5, 5.41) is 5.74. The zero-order valence-electron chi connectivity index (χ0n) is 17.4. The first-order valence-electron chi connectivity index (χ1n) is 10.0. The zero-order valence-corrected chi connectivity index (χ0v) is 18.2. The molecule has 0 radical (unpaired) electrons. The number of sulfone groups is 1. The van der Waals surface area contributed by atoms with Crippen LogP contribution in [0.15, 0.2) is 53.4 Å². The molecular formula is C22H29N3O4S. The Bertz CT molecular complexity index is 937. The van der Waals surface area contributed by atoms with Gasteiger partial charge >= 0.3 is 6.03 Å². The third-order valence-electron chi connectivity index (χ3n) is 5.14. The summed E-state index contributed by atoms with van der Waals surface area (Å²) in [5.74, 6) is 0. The van der Waals surface area contributed by atoms with Crippen LogP contribution < -0.4 is 10.6 Å². The topological polar surface area (TPSA) is 87.7 Å². The summed E-state index contributed by atoms with van der Waals surface area (Å²) < 4.78 is 28.5. The summed E-state index contributed by atoms with van der Waals surface area (Å²) in [6.07, 6.45) is 1.17. The van der Waals surface area contributed by atoms with Crippen LogP contribution in [0, 0.1) is 0 Å². The molecule has 1 aliphatic rings. The molecule has 0 spiro atoms. The molecule has 0 aromatic heterocycles. The van der Waals surface area contributed by atoms with Gasteiger partial charge in [0.2, 0.25) is 0 Å². The Morgan fingerprint density at radius 3 is 2.23 bits per heavy atom. The van der Waals surface area contributed by atoms with Crippen LogP contribution >= 0.6 is 0 Å². The molecule has 2 amide bonds. The number of amides is 2. The average molecular weight is 432 g/mol. The highest BCUT2D eigenvalue weighted by Crippen LogP contribution is 2.16. The lowest BCUT2D eigenvalue weighted by atomic mass is 10.1. The Balaban J connectivity index is 1.45. The Hall–Kier alpha value is -2.42. The van der Waals surface area contributed by atoms with Crippen LogP contribution in [0.1, 0.15) is 29.7 Å². The number of nitrogens with one attached hydrogen (secondary N) is 2. The summed E-state index contributed by atoms with van der Waals surface area (Å²) in [4.78, 5) is 14.9. The molecule has 162 valence electrons. The second-order valence-corrected chi connectivity index (χ2v) is 9.61. The van der Waals surface area contributed by atoms with Crippen molar-refractivity contribution in [3.63, 3.8) is 0 Å². The standard InChI is InChI=1S/C22H29N3O4S/c1-17(20-7-9-21(10-8-20)30(2,27)28)24-22(26)23-15-18-3-5-19(6-4-18)16-25-11-13-29-14-12-25/h3-10,17H,11-16H2,1-2H3,(H2,23,24,26)/t17-/m0/s1. The minimum absolute atomic E-state index is 0.241. The number of benzene rings is 2. The van der Waals surface area contributed by atoms with Gasteiger partial charge in [-0.3, -0.25) is 4.90 Å². The normalized spacial score (nSPS) is 16.1. The van der Waals surface area contributed by atoms with E-state index in [1.807, 2.05) is 19.1 Å². The molecule has 2 N–H and O–H groups in total. The number of carbonyl (C=O) groups excluding carboxylic acids is 1. The van der Waals surface area contributed by atoms with Crippen LogP contribution in [-0.4, -0.2) is 51.9 Å². The lowest BCUT2D eigenvalue weighted by molar-refractivity contribution is 0.0342. The molecule has 0 unspecified atom stereocenters. The van der Waals surface area contributed by atoms with Gasteiger partial charge in [0.25, 0.3) is 0 Å². The summed E-state index contributed by atoms with van der Waals surface area (Å²) in [6, 6.07) is 14.3. The molecule has 1 fully saturated rings. The summed E-state index contributed by atoms with van der Waals surface area (Å²) in [5.41, 5.74) is 3.11.